The number of pyridine rings is 1. The first kappa shape index (κ1) is 13.2. The fourth-order valence-electron chi connectivity index (χ4n) is 1.17. The van der Waals surface area contributed by atoms with E-state index in [1.54, 1.807) is 6.20 Å². The topological polar surface area (TPSA) is 30.0 Å². The molecular formula is C13H19NOS. The van der Waals surface area contributed by atoms with Crippen LogP contribution in [0.25, 0.3) is 0 Å². The lowest BCUT2D eigenvalue weighted by molar-refractivity contribution is 0.0983. The molecule has 0 aliphatic rings. The molecule has 1 unspecified atom stereocenters. The number of hydrogen-bond donors (Lipinski definition) is 0. The minimum atomic E-state index is 0.110. The summed E-state index contributed by atoms with van der Waals surface area (Å²) in [6, 6.07) is 3.81. The predicted molar refractivity (Wildman–Crippen MR) is 69.0 cm³/mol. The average molecular weight is 237 g/mol. The minimum Gasteiger partial charge on any atom is -0.292 e. The van der Waals surface area contributed by atoms with Gasteiger partial charge < -0.3 is 0 Å². The Morgan fingerprint density at radius 3 is 2.69 bits per heavy atom. The maximum atomic E-state index is 11.4. The van der Waals surface area contributed by atoms with Crippen LogP contribution in [0.3, 0.4) is 0 Å². The molecule has 1 rings (SSSR count). The zero-order valence-corrected chi connectivity index (χ0v) is 11.0. The van der Waals surface area contributed by atoms with E-state index in [1.807, 2.05) is 30.8 Å². The van der Waals surface area contributed by atoms with E-state index < -0.39 is 0 Å². The van der Waals surface area contributed by atoms with Crippen molar-refractivity contribution in [3.8, 4) is 0 Å². The summed E-state index contributed by atoms with van der Waals surface area (Å²) in [6.07, 6.45) is 3.52. The second kappa shape index (κ2) is 6.69. The summed E-state index contributed by atoms with van der Waals surface area (Å²) in [6.45, 7) is 6.30. The van der Waals surface area contributed by atoms with Gasteiger partial charge in [-0.2, -0.15) is 0 Å². The van der Waals surface area contributed by atoms with Gasteiger partial charge in [-0.25, -0.2) is 0 Å². The van der Waals surface area contributed by atoms with Crippen molar-refractivity contribution in [2.45, 2.75) is 38.5 Å². The summed E-state index contributed by atoms with van der Waals surface area (Å²) >= 11 is 1.81. The van der Waals surface area contributed by atoms with E-state index >= 15 is 0 Å². The van der Waals surface area contributed by atoms with Crippen LogP contribution in [0.2, 0.25) is 0 Å². The van der Waals surface area contributed by atoms with Crippen molar-refractivity contribution in [3.63, 3.8) is 0 Å². The molecule has 0 aromatic carbocycles. The van der Waals surface area contributed by atoms with Crippen molar-refractivity contribution in [3.05, 3.63) is 24.0 Å². The zero-order chi connectivity index (χ0) is 12.0. The molecule has 2 nitrogen and oxygen atoms in total. The largest absolute Gasteiger partial charge is 0.292 e. The molecular weight excluding hydrogens is 218 g/mol. The molecule has 3 heteroatoms. The van der Waals surface area contributed by atoms with Gasteiger partial charge in [0.15, 0.2) is 5.78 Å². The van der Waals surface area contributed by atoms with E-state index in [-0.39, 0.29) is 5.78 Å². The van der Waals surface area contributed by atoms with Gasteiger partial charge in [0.2, 0.25) is 0 Å². The second-order valence-electron chi connectivity index (χ2n) is 3.98. The molecule has 0 fully saturated rings. The highest BCUT2D eigenvalue weighted by molar-refractivity contribution is 7.99. The van der Waals surface area contributed by atoms with Gasteiger partial charge in [0.25, 0.3) is 0 Å². The number of aromatic nitrogens is 1. The number of nitrogens with zero attached hydrogens (tertiary/aromatic N) is 1. The minimum absolute atomic E-state index is 0.110. The van der Waals surface area contributed by atoms with Crippen LogP contribution in [0, 0.1) is 5.92 Å². The van der Waals surface area contributed by atoms with Crippen LogP contribution in [0.15, 0.2) is 23.2 Å². The molecule has 0 amide bonds. The molecule has 0 radical (unpaired) electrons. The Labute approximate surface area is 102 Å². The first-order valence-electron chi connectivity index (χ1n) is 5.79. The van der Waals surface area contributed by atoms with Crippen molar-refractivity contribution >= 4 is 17.5 Å². The number of Topliss-reactive ketones (excluding diaryl/α,β-unsaturated/α-hetero) is 1. The Morgan fingerprint density at radius 2 is 2.19 bits per heavy atom. The fourth-order valence-corrected chi connectivity index (χ4v) is 2.17. The number of ketones is 1. The lowest BCUT2D eigenvalue weighted by Gasteiger charge is -2.07. The van der Waals surface area contributed by atoms with Gasteiger partial charge in [-0.1, -0.05) is 27.2 Å². The highest BCUT2D eigenvalue weighted by atomic mass is 32.2. The SMILES string of the molecule is CCC(=O)c1ccc(SCC(C)CC)cn1. The third-order valence-corrected chi connectivity index (χ3v) is 3.89. The van der Waals surface area contributed by atoms with Gasteiger partial charge in [-0.3, -0.25) is 9.78 Å². The second-order valence-corrected chi connectivity index (χ2v) is 5.07. The van der Waals surface area contributed by atoms with Crippen LogP contribution in [0.4, 0.5) is 0 Å². The van der Waals surface area contributed by atoms with E-state index in [4.69, 9.17) is 0 Å². The monoisotopic (exact) mass is 237 g/mol. The van der Waals surface area contributed by atoms with Crippen LogP contribution in [-0.4, -0.2) is 16.5 Å². The smallest absolute Gasteiger partial charge is 0.180 e. The van der Waals surface area contributed by atoms with E-state index in [1.165, 1.54) is 6.42 Å². The average Bonchev–Trinajstić information content (AvgIpc) is 2.35. The molecule has 0 N–H and O–H groups in total. The predicted octanol–water partition coefficient (Wildman–Crippen LogP) is 3.81. The normalized spacial score (nSPS) is 12.4. The van der Waals surface area contributed by atoms with Crippen LogP contribution in [0.5, 0.6) is 0 Å². The Bertz CT molecular complexity index is 334. The molecule has 1 aromatic heterocycles. The van der Waals surface area contributed by atoms with E-state index in [9.17, 15) is 4.79 Å². The number of carbonyl (C=O) groups is 1. The Hall–Kier alpha value is -0.830. The van der Waals surface area contributed by atoms with Gasteiger partial charge in [-0.15, -0.1) is 11.8 Å². The third kappa shape index (κ3) is 3.97. The van der Waals surface area contributed by atoms with E-state index in [0.717, 1.165) is 16.6 Å². The summed E-state index contributed by atoms with van der Waals surface area (Å²) in [4.78, 5) is 16.7. The third-order valence-electron chi connectivity index (χ3n) is 2.57. The zero-order valence-electron chi connectivity index (χ0n) is 10.2. The molecule has 1 heterocycles. The van der Waals surface area contributed by atoms with Crippen LogP contribution in [0.1, 0.15) is 44.1 Å². The molecule has 1 aromatic rings. The Kier molecular flexibility index (Phi) is 5.53. The Morgan fingerprint density at radius 1 is 1.44 bits per heavy atom. The molecule has 0 aliphatic carbocycles. The van der Waals surface area contributed by atoms with E-state index in [2.05, 4.69) is 18.8 Å². The molecule has 0 spiro atoms. The highest BCUT2D eigenvalue weighted by Crippen LogP contribution is 2.21. The lowest BCUT2D eigenvalue weighted by Crippen LogP contribution is -2.00. The molecule has 0 bridgehead atoms. The summed E-state index contributed by atoms with van der Waals surface area (Å²) in [5.41, 5.74) is 0.579. The molecule has 0 saturated carbocycles. The van der Waals surface area contributed by atoms with Crippen molar-refractivity contribution in [1.82, 2.24) is 4.98 Å². The van der Waals surface area contributed by atoms with Gasteiger partial charge >= 0.3 is 0 Å². The number of carbonyl (C=O) groups excluding carboxylic acids is 1. The van der Waals surface area contributed by atoms with Crippen LogP contribution >= 0.6 is 11.8 Å². The molecule has 0 aliphatic heterocycles. The fraction of sp³-hybridized carbons (Fsp3) is 0.538. The maximum Gasteiger partial charge on any atom is 0.180 e. The van der Waals surface area contributed by atoms with Gasteiger partial charge in [0.05, 0.1) is 0 Å². The van der Waals surface area contributed by atoms with Gasteiger partial charge in [-0.05, 0) is 18.1 Å². The Balaban J connectivity index is 2.54. The van der Waals surface area contributed by atoms with Crippen molar-refractivity contribution in [1.29, 1.82) is 0 Å². The summed E-state index contributed by atoms with van der Waals surface area (Å²) in [5.74, 6) is 1.94. The first-order chi connectivity index (χ1) is 7.67. The number of hydrogen-bond acceptors (Lipinski definition) is 3. The number of rotatable bonds is 6. The quantitative estimate of drug-likeness (QED) is 0.556. The van der Waals surface area contributed by atoms with E-state index in [0.29, 0.717) is 12.1 Å². The van der Waals surface area contributed by atoms with Crippen molar-refractivity contribution < 1.29 is 4.79 Å². The highest BCUT2D eigenvalue weighted by Gasteiger charge is 2.05. The van der Waals surface area contributed by atoms with Crippen LogP contribution < -0.4 is 0 Å². The summed E-state index contributed by atoms with van der Waals surface area (Å²) in [7, 11) is 0. The van der Waals surface area contributed by atoms with Gasteiger partial charge in [0, 0.05) is 23.3 Å². The molecule has 1 atom stereocenters. The van der Waals surface area contributed by atoms with Gasteiger partial charge in [0.1, 0.15) is 5.69 Å². The maximum absolute atomic E-state index is 11.4. The molecule has 16 heavy (non-hydrogen) atoms. The summed E-state index contributed by atoms with van der Waals surface area (Å²) < 4.78 is 0. The first-order valence-corrected chi connectivity index (χ1v) is 6.78. The van der Waals surface area contributed by atoms with Crippen molar-refractivity contribution in [2.24, 2.45) is 5.92 Å². The lowest BCUT2D eigenvalue weighted by atomic mass is 10.2. The number of thioether (sulfide) groups is 1. The molecule has 0 saturated heterocycles. The van der Waals surface area contributed by atoms with Crippen LogP contribution in [-0.2, 0) is 0 Å². The summed E-state index contributed by atoms with van der Waals surface area (Å²) in [5, 5.41) is 0. The van der Waals surface area contributed by atoms with Crippen molar-refractivity contribution in [2.75, 3.05) is 5.75 Å². The molecule has 88 valence electrons. The standard InChI is InChI=1S/C13H19NOS/c1-4-10(3)9-16-11-6-7-12(14-8-11)13(15)5-2/h6-8,10H,4-5,9H2,1-3H3.